The number of halogens is 1. The molecule has 1 heterocycles. The predicted molar refractivity (Wildman–Crippen MR) is 110 cm³/mol. The Morgan fingerprint density at radius 2 is 1.71 bits per heavy atom. The fourth-order valence-corrected chi connectivity index (χ4v) is 3.49. The van der Waals surface area contributed by atoms with E-state index in [2.05, 4.69) is 64.8 Å². The Bertz CT molecular complexity index is 618. The molecular weight excluding hydrogens is 409 g/mol. The van der Waals surface area contributed by atoms with Crippen LogP contribution in [0.15, 0.2) is 47.1 Å². The highest BCUT2D eigenvalue weighted by molar-refractivity contribution is 14.1. The average Bonchev–Trinajstić information content (AvgIpc) is 2.55. The van der Waals surface area contributed by atoms with Crippen molar-refractivity contribution in [1.82, 2.24) is 4.90 Å². The van der Waals surface area contributed by atoms with Gasteiger partial charge in [0.1, 0.15) is 0 Å². The number of carbonyl (C=O) groups is 1. The molecule has 0 spiro atoms. The molecule has 0 atom stereocenters. The molecule has 0 aliphatic carbocycles. The van der Waals surface area contributed by atoms with Crippen molar-refractivity contribution in [1.29, 1.82) is 0 Å². The second kappa shape index (κ2) is 9.52. The smallest absolute Gasteiger partial charge is 0.176 e. The van der Waals surface area contributed by atoms with Gasteiger partial charge in [0, 0.05) is 9.14 Å². The molecule has 1 saturated heterocycles. The van der Waals surface area contributed by atoms with Crippen LogP contribution < -0.4 is 0 Å². The van der Waals surface area contributed by atoms with Crippen LogP contribution in [-0.2, 0) is 11.2 Å². The largest absolute Gasteiger partial charge is 0.296 e. The second-order valence-corrected chi connectivity index (χ2v) is 8.21. The quantitative estimate of drug-likeness (QED) is 0.348. The summed E-state index contributed by atoms with van der Waals surface area (Å²) in [5.74, 6) is 0.263. The Labute approximate surface area is 160 Å². The minimum Gasteiger partial charge on any atom is -0.296 e. The molecule has 1 aromatic carbocycles. The zero-order valence-electron chi connectivity index (χ0n) is 15.1. The lowest BCUT2D eigenvalue weighted by Gasteiger charge is -2.26. The fourth-order valence-electron chi connectivity index (χ4n) is 3.13. The maximum absolute atomic E-state index is 12.7. The second-order valence-electron chi connectivity index (χ2n) is 6.97. The van der Waals surface area contributed by atoms with Crippen LogP contribution in [0, 0.1) is 3.57 Å². The van der Waals surface area contributed by atoms with Crippen molar-refractivity contribution in [3.05, 3.63) is 56.2 Å². The molecule has 130 valence electrons. The van der Waals surface area contributed by atoms with Crippen LogP contribution in [0.4, 0.5) is 0 Å². The van der Waals surface area contributed by atoms with Crippen molar-refractivity contribution < 1.29 is 4.79 Å². The van der Waals surface area contributed by atoms with E-state index in [-0.39, 0.29) is 5.78 Å². The van der Waals surface area contributed by atoms with E-state index < -0.39 is 0 Å². The number of hydrogen-bond acceptors (Lipinski definition) is 2. The first-order valence-corrected chi connectivity index (χ1v) is 9.88. The summed E-state index contributed by atoms with van der Waals surface area (Å²) in [6.45, 7) is 8.89. The Hall–Kier alpha value is -0.940. The maximum Gasteiger partial charge on any atom is 0.176 e. The van der Waals surface area contributed by atoms with Gasteiger partial charge in [0.2, 0.25) is 0 Å². The van der Waals surface area contributed by atoms with Gasteiger partial charge < -0.3 is 0 Å². The van der Waals surface area contributed by atoms with E-state index in [0.717, 1.165) is 30.7 Å². The molecule has 0 bridgehead atoms. The number of carbonyl (C=O) groups excluding carboxylic acids is 1. The third-order valence-corrected chi connectivity index (χ3v) is 5.16. The first-order chi connectivity index (χ1) is 11.5. The normalized spacial score (nSPS) is 16.1. The molecule has 1 aliphatic rings. The summed E-state index contributed by atoms with van der Waals surface area (Å²) in [6, 6.07) is 8.59. The molecule has 2 rings (SSSR count). The van der Waals surface area contributed by atoms with Crippen molar-refractivity contribution in [2.24, 2.45) is 0 Å². The molecule has 3 heteroatoms. The zero-order chi connectivity index (χ0) is 17.5. The van der Waals surface area contributed by atoms with Gasteiger partial charge in [-0.15, -0.1) is 0 Å². The number of ketones is 1. The summed E-state index contributed by atoms with van der Waals surface area (Å²) in [6.07, 6.45) is 6.73. The molecule has 24 heavy (non-hydrogen) atoms. The van der Waals surface area contributed by atoms with Crippen LogP contribution in [0.2, 0.25) is 0 Å². The van der Waals surface area contributed by atoms with Gasteiger partial charge in [-0.3, -0.25) is 9.69 Å². The summed E-state index contributed by atoms with van der Waals surface area (Å²) in [5, 5.41) is 0. The topological polar surface area (TPSA) is 20.3 Å². The lowest BCUT2D eigenvalue weighted by molar-refractivity contribution is -0.116. The molecular formula is C21H28INO. The van der Waals surface area contributed by atoms with E-state index in [1.807, 2.05) is 13.8 Å². The van der Waals surface area contributed by atoms with E-state index in [1.165, 1.54) is 34.0 Å². The molecule has 2 nitrogen and oxygen atoms in total. The summed E-state index contributed by atoms with van der Waals surface area (Å²) in [5.41, 5.74) is 4.53. The van der Waals surface area contributed by atoms with Crippen LogP contribution in [0.5, 0.6) is 0 Å². The first kappa shape index (κ1) is 19.4. The number of likely N-dealkylation sites (tertiary alicyclic amines) is 1. The van der Waals surface area contributed by atoms with E-state index >= 15 is 0 Å². The minimum atomic E-state index is 0.263. The number of benzene rings is 1. The molecule has 0 N–H and O–H groups in total. The van der Waals surface area contributed by atoms with Gasteiger partial charge in [0.25, 0.3) is 0 Å². The number of piperidine rings is 1. The standard InChI is InChI=1S/C21H28INO/c1-16(2)20(21(24)15-23-11-5-4-6-12-23)14-17(3)13-18-7-9-19(22)10-8-18/h7-10,14H,4-6,11-13,15H2,1-3H3/b17-14-. The molecule has 0 saturated carbocycles. The maximum atomic E-state index is 12.7. The Morgan fingerprint density at radius 1 is 1.08 bits per heavy atom. The number of rotatable bonds is 6. The summed E-state index contributed by atoms with van der Waals surface area (Å²) >= 11 is 2.32. The van der Waals surface area contributed by atoms with Gasteiger partial charge in [-0.2, -0.15) is 0 Å². The lowest BCUT2D eigenvalue weighted by atomic mass is 9.99. The van der Waals surface area contributed by atoms with Gasteiger partial charge >= 0.3 is 0 Å². The minimum absolute atomic E-state index is 0.263. The highest BCUT2D eigenvalue weighted by Gasteiger charge is 2.16. The van der Waals surface area contributed by atoms with Crippen molar-refractivity contribution in [2.75, 3.05) is 19.6 Å². The Kier molecular flexibility index (Phi) is 7.69. The van der Waals surface area contributed by atoms with Gasteiger partial charge in [0.15, 0.2) is 5.78 Å². The van der Waals surface area contributed by atoms with Crippen molar-refractivity contribution in [3.8, 4) is 0 Å². The summed E-state index contributed by atoms with van der Waals surface area (Å²) in [7, 11) is 0. The zero-order valence-corrected chi connectivity index (χ0v) is 17.2. The van der Waals surface area contributed by atoms with E-state index in [0.29, 0.717) is 6.54 Å². The summed E-state index contributed by atoms with van der Waals surface area (Å²) in [4.78, 5) is 15.0. The number of Topliss-reactive ketones (excluding diaryl/α,β-unsaturated/α-hetero) is 1. The molecule has 0 radical (unpaired) electrons. The van der Waals surface area contributed by atoms with Crippen LogP contribution in [0.1, 0.15) is 45.6 Å². The number of hydrogen-bond donors (Lipinski definition) is 0. The number of allylic oxidation sites excluding steroid dienone is 3. The van der Waals surface area contributed by atoms with Crippen LogP contribution in [-0.4, -0.2) is 30.3 Å². The molecule has 1 aliphatic heterocycles. The van der Waals surface area contributed by atoms with Gasteiger partial charge in [-0.1, -0.05) is 35.8 Å². The average molecular weight is 437 g/mol. The monoisotopic (exact) mass is 437 g/mol. The van der Waals surface area contributed by atoms with Crippen LogP contribution >= 0.6 is 22.6 Å². The first-order valence-electron chi connectivity index (χ1n) is 8.80. The van der Waals surface area contributed by atoms with Crippen LogP contribution in [0.25, 0.3) is 0 Å². The van der Waals surface area contributed by atoms with E-state index in [9.17, 15) is 4.79 Å². The SMILES string of the molecule is CC(C)=C(/C=C(/C)Cc1ccc(I)cc1)C(=O)CN1CCCCC1. The van der Waals surface area contributed by atoms with E-state index in [4.69, 9.17) is 0 Å². The number of nitrogens with zero attached hydrogens (tertiary/aromatic N) is 1. The van der Waals surface area contributed by atoms with Gasteiger partial charge in [-0.25, -0.2) is 0 Å². The Balaban J connectivity index is 2.04. The third-order valence-electron chi connectivity index (χ3n) is 4.44. The highest BCUT2D eigenvalue weighted by atomic mass is 127. The third kappa shape index (κ3) is 6.17. The highest BCUT2D eigenvalue weighted by Crippen LogP contribution is 2.17. The lowest BCUT2D eigenvalue weighted by Crippen LogP contribution is -2.35. The molecule has 0 unspecified atom stereocenters. The van der Waals surface area contributed by atoms with Crippen LogP contribution in [0.3, 0.4) is 0 Å². The van der Waals surface area contributed by atoms with Crippen molar-refractivity contribution >= 4 is 28.4 Å². The van der Waals surface area contributed by atoms with Crippen molar-refractivity contribution in [3.63, 3.8) is 0 Å². The molecule has 0 amide bonds. The molecule has 1 fully saturated rings. The molecule has 1 aromatic rings. The van der Waals surface area contributed by atoms with Gasteiger partial charge in [0.05, 0.1) is 6.54 Å². The Morgan fingerprint density at radius 3 is 2.29 bits per heavy atom. The molecule has 0 aromatic heterocycles. The fraction of sp³-hybridized carbons (Fsp3) is 0.476. The summed E-state index contributed by atoms with van der Waals surface area (Å²) < 4.78 is 1.25. The van der Waals surface area contributed by atoms with Gasteiger partial charge in [-0.05, 0) is 93.4 Å². The predicted octanol–water partition coefficient (Wildman–Crippen LogP) is 5.17. The van der Waals surface area contributed by atoms with E-state index in [1.54, 1.807) is 0 Å². The van der Waals surface area contributed by atoms with Crippen molar-refractivity contribution in [2.45, 2.75) is 46.5 Å².